The van der Waals surface area contributed by atoms with Gasteiger partial charge in [0.1, 0.15) is 0 Å². The zero-order chi connectivity index (χ0) is 13.8. The predicted molar refractivity (Wildman–Crippen MR) is 82.3 cm³/mol. The minimum absolute atomic E-state index is 0.0701. The van der Waals surface area contributed by atoms with Gasteiger partial charge in [-0.25, -0.2) is 4.98 Å². The van der Waals surface area contributed by atoms with E-state index in [1.165, 1.54) is 23.1 Å². The first-order valence-corrected chi connectivity index (χ1v) is 7.78. The van der Waals surface area contributed by atoms with Gasteiger partial charge < -0.3 is 5.32 Å². The number of carbonyl (C=O) groups is 1. The molecule has 0 saturated heterocycles. The van der Waals surface area contributed by atoms with Crippen LogP contribution >= 0.6 is 34.7 Å². The van der Waals surface area contributed by atoms with E-state index in [2.05, 4.69) is 10.3 Å². The number of rotatable bonds is 4. The van der Waals surface area contributed by atoms with E-state index in [-0.39, 0.29) is 11.2 Å². The maximum absolute atomic E-state index is 12.0. The molecule has 1 amide bonds. The number of anilines is 1. The second-order valence-electron chi connectivity index (χ2n) is 3.96. The molecule has 0 bridgehead atoms. The molecule has 0 spiro atoms. The van der Waals surface area contributed by atoms with E-state index in [0.717, 1.165) is 9.77 Å². The van der Waals surface area contributed by atoms with Crippen LogP contribution in [0.1, 0.15) is 11.8 Å². The van der Waals surface area contributed by atoms with Gasteiger partial charge in [-0.05, 0) is 26.0 Å². The minimum Gasteiger partial charge on any atom is -0.301 e. The first kappa shape index (κ1) is 14.4. The van der Waals surface area contributed by atoms with Crippen LogP contribution in [-0.4, -0.2) is 16.1 Å². The molecule has 100 valence electrons. The summed E-state index contributed by atoms with van der Waals surface area (Å²) in [6.07, 6.45) is 1.74. The van der Waals surface area contributed by atoms with E-state index in [1.807, 2.05) is 38.1 Å². The maximum Gasteiger partial charge on any atom is 0.239 e. The van der Waals surface area contributed by atoms with Crippen molar-refractivity contribution in [2.75, 3.05) is 5.32 Å². The largest absolute Gasteiger partial charge is 0.301 e. The lowest BCUT2D eigenvalue weighted by molar-refractivity contribution is -0.115. The second kappa shape index (κ2) is 6.41. The van der Waals surface area contributed by atoms with Crippen LogP contribution < -0.4 is 5.32 Å². The lowest BCUT2D eigenvalue weighted by Gasteiger charge is -2.11. The summed E-state index contributed by atoms with van der Waals surface area (Å²) >= 11 is 8.98. The SMILES string of the molecule is Cc1cnc(NC(=O)C(C)Sc2ccccc2Cl)s1. The summed E-state index contributed by atoms with van der Waals surface area (Å²) in [5, 5.41) is 3.87. The highest BCUT2D eigenvalue weighted by Crippen LogP contribution is 2.30. The number of nitrogens with one attached hydrogen (secondary N) is 1. The summed E-state index contributed by atoms with van der Waals surface area (Å²) in [5.41, 5.74) is 0. The third kappa shape index (κ3) is 3.96. The van der Waals surface area contributed by atoms with Crippen molar-refractivity contribution in [3.8, 4) is 0 Å². The Morgan fingerprint density at radius 1 is 1.47 bits per heavy atom. The van der Waals surface area contributed by atoms with E-state index in [1.54, 1.807) is 6.20 Å². The van der Waals surface area contributed by atoms with Crippen LogP contribution in [0.15, 0.2) is 35.4 Å². The van der Waals surface area contributed by atoms with Gasteiger partial charge in [-0.15, -0.1) is 23.1 Å². The van der Waals surface area contributed by atoms with Crippen molar-refractivity contribution >= 4 is 45.7 Å². The average Bonchev–Trinajstić information content (AvgIpc) is 2.77. The van der Waals surface area contributed by atoms with Crippen LogP contribution in [0, 0.1) is 6.92 Å². The first-order valence-electron chi connectivity index (χ1n) is 5.71. The molecule has 1 unspecified atom stereocenters. The van der Waals surface area contributed by atoms with Crippen molar-refractivity contribution in [1.82, 2.24) is 4.98 Å². The molecule has 0 aliphatic heterocycles. The number of thioether (sulfide) groups is 1. The molecule has 1 N–H and O–H groups in total. The van der Waals surface area contributed by atoms with Crippen LogP contribution in [0.2, 0.25) is 5.02 Å². The number of thiazole rings is 1. The Morgan fingerprint density at radius 2 is 2.21 bits per heavy atom. The van der Waals surface area contributed by atoms with Crippen LogP contribution in [0.4, 0.5) is 5.13 Å². The Bertz CT molecular complexity index is 586. The summed E-state index contributed by atoms with van der Waals surface area (Å²) < 4.78 is 0. The molecule has 2 aromatic rings. The van der Waals surface area contributed by atoms with Gasteiger partial charge in [0, 0.05) is 16.0 Å². The molecule has 0 aliphatic carbocycles. The molecule has 3 nitrogen and oxygen atoms in total. The number of hydrogen-bond acceptors (Lipinski definition) is 4. The van der Waals surface area contributed by atoms with E-state index in [4.69, 9.17) is 11.6 Å². The molecule has 1 aromatic carbocycles. The van der Waals surface area contributed by atoms with Gasteiger partial charge in [0.25, 0.3) is 0 Å². The first-order chi connectivity index (χ1) is 9.06. The highest BCUT2D eigenvalue weighted by molar-refractivity contribution is 8.00. The van der Waals surface area contributed by atoms with E-state index in [9.17, 15) is 4.79 Å². The summed E-state index contributed by atoms with van der Waals surface area (Å²) in [6.45, 7) is 3.80. The molecule has 1 atom stereocenters. The third-order valence-electron chi connectivity index (χ3n) is 2.36. The maximum atomic E-state index is 12.0. The van der Waals surface area contributed by atoms with Crippen LogP contribution in [-0.2, 0) is 4.79 Å². The Labute approximate surface area is 125 Å². The van der Waals surface area contributed by atoms with Gasteiger partial charge in [-0.2, -0.15) is 0 Å². The zero-order valence-electron chi connectivity index (χ0n) is 10.5. The summed E-state index contributed by atoms with van der Waals surface area (Å²) in [4.78, 5) is 18.1. The quantitative estimate of drug-likeness (QED) is 0.859. The molecule has 0 aliphatic rings. The number of nitrogens with zero attached hydrogens (tertiary/aromatic N) is 1. The van der Waals surface area contributed by atoms with Gasteiger partial charge in [0.2, 0.25) is 5.91 Å². The smallest absolute Gasteiger partial charge is 0.239 e. The third-order valence-corrected chi connectivity index (χ3v) is 4.81. The van der Waals surface area contributed by atoms with Crippen LogP contribution in [0.3, 0.4) is 0 Å². The monoisotopic (exact) mass is 312 g/mol. The number of aromatic nitrogens is 1. The molecular formula is C13H13ClN2OS2. The van der Waals surface area contributed by atoms with Gasteiger partial charge in [-0.3, -0.25) is 4.79 Å². The van der Waals surface area contributed by atoms with Gasteiger partial charge in [0.15, 0.2) is 5.13 Å². The normalized spacial score (nSPS) is 12.2. The standard InChI is InChI=1S/C13H13ClN2OS2/c1-8-7-15-13(18-8)16-12(17)9(2)19-11-6-4-3-5-10(11)14/h3-7,9H,1-2H3,(H,15,16,17). The molecule has 1 aromatic heterocycles. The predicted octanol–water partition coefficient (Wildman–Crippen LogP) is 4.22. The van der Waals surface area contributed by atoms with Crippen LogP contribution in [0.5, 0.6) is 0 Å². The molecular weight excluding hydrogens is 300 g/mol. The molecule has 1 heterocycles. The average molecular weight is 313 g/mol. The molecule has 0 saturated carbocycles. The topological polar surface area (TPSA) is 42.0 Å². The van der Waals surface area contributed by atoms with Crippen molar-refractivity contribution in [2.45, 2.75) is 24.0 Å². The van der Waals surface area contributed by atoms with E-state index < -0.39 is 0 Å². The summed E-state index contributed by atoms with van der Waals surface area (Å²) in [7, 11) is 0. The number of halogens is 1. The van der Waals surface area contributed by atoms with Crippen molar-refractivity contribution in [3.05, 3.63) is 40.4 Å². The lowest BCUT2D eigenvalue weighted by atomic mass is 10.4. The summed E-state index contributed by atoms with van der Waals surface area (Å²) in [6, 6.07) is 7.50. The van der Waals surface area contributed by atoms with E-state index in [0.29, 0.717) is 10.2 Å². The number of carbonyl (C=O) groups excluding carboxylic acids is 1. The molecule has 2 rings (SSSR count). The summed E-state index contributed by atoms with van der Waals surface area (Å²) in [5.74, 6) is -0.0701. The second-order valence-corrected chi connectivity index (χ2v) is 6.98. The number of benzene rings is 1. The van der Waals surface area contributed by atoms with Gasteiger partial charge in [-0.1, -0.05) is 23.7 Å². The van der Waals surface area contributed by atoms with Gasteiger partial charge in [0.05, 0.1) is 10.3 Å². The lowest BCUT2D eigenvalue weighted by Crippen LogP contribution is -2.22. The Balaban J connectivity index is 1.98. The van der Waals surface area contributed by atoms with Crippen molar-refractivity contribution in [3.63, 3.8) is 0 Å². The Morgan fingerprint density at radius 3 is 2.84 bits per heavy atom. The van der Waals surface area contributed by atoms with Crippen molar-refractivity contribution in [2.24, 2.45) is 0 Å². The highest BCUT2D eigenvalue weighted by Gasteiger charge is 2.16. The fraction of sp³-hybridized carbons (Fsp3) is 0.231. The fourth-order valence-corrected chi connectivity index (χ4v) is 3.23. The fourth-order valence-electron chi connectivity index (χ4n) is 1.40. The Hall–Kier alpha value is -1.04. The number of amides is 1. The van der Waals surface area contributed by atoms with Crippen LogP contribution in [0.25, 0.3) is 0 Å². The zero-order valence-corrected chi connectivity index (χ0v) is 12.9. The van der Waals surface area contributed by atoms with E-state index >= 15 is 0 Å². The van der Waals surface area contributed by atoms with Crippen molar-refractivity contribution in [1.29, 1.82) is 0 Å². The van der Waals surface area contributed by atoms with Crippen molar-refractivity contribution < 1.29 is 4.79 Å². The number of aryl methyl sites for hydroxylation is 1. The molecule has 6 heteroatoms. The molecule has 0 fully saturated rings. The minimum atomic E-state index is -0.232. The molecule has 0 radical (unpaired) electrons. The highest BCUT2D eigenvalue weighted by atomic mass is 35.5. The Kier molecular flexibility index (Phi) is 4.85. The van der Waals surface area contributed by atoms with Gasteiger partial charge >= 0.3 is 0 Å². The molecule has 19 heavy (non-hydrogen) atoms. The number of hydrogen-bond donors (Lipinski definition) is 1.